The summed E-state index contributed by atoms with van der Waals surface area (Å²) in [4.78, 5) is 22.9. The molecule has 0 heterocycles. The number of nitrogens with one attached hydrogen (secondary N) is 1. The maximum atomic E-state index is 11.9. The lowest BCUT2D eigenvalue weighted by atomic mass is 10.1. The zero-order valence-corrected chi connectivity index (χ0v) is 12.2. The second-order valence-corrected chi connectivity index (χ2v) is 4.95. The highest BCUT2D eigenvalue weighted by Crippen LogP contribution is 2.07. The highest BCUT2D eigenvalue weighted by atomic mass is 16.4. The van der Waals surface area contributed by atoms with Crippen molar-refractivity contribution in [2.75, 3.05) is 0 Å². The van der Waals surface area contributed by atoms with Gasteiger partial charge in [0, 0.05) is 0 Å². The molecule has 1 atom stereocenters. The number of aliphatic carboxylic acids is 1. The average molecular weight is 277 g/mol. The van der Waals surface area contributed by atoms with Gasteiger partial charge in [-0.2, -0.15) is 0 Å². The first-order valence-corrected chi connectivity index (χ1v) is 7.16. The predicted molar refractivity (Wildman–Crippen MR) is 78.6 cm³/mol. The van der Waals surface area contributed by atoms with Gasteiger partial charge < -0.3 is 10.4 Å². The number of benzene rings is 1. The van der Waals surface area contributed by atoms with Crippen LogP contribution in [0.5, 0.6) is 0 Å². The third-order valence-electron chi connectivity index (χ3n) is 3.28. The van der Waals surface area contributed by atoms with E-state index in [1.54, 1.807) is 0 Å². The van der Waals surface area contributed by atoms with Gasteiger partial charge in [0.15, 0.2) is 0 Å². The molecule has 0 radical (unpaired) electrons. The largest absolute Gasteiger partial charge is 0.480 e. The standard InChI is InChI=1S/C16H23NO3/c1-3-5-6-14(16(19)20)17-15(18)11-13-9-7-12(4-2)8-10-13/h7-10,14H,3-6,11H2,1-2H3,(H,17,18)(H,19,20)/t14-/m0/s1. The van der Waals surface area contributed by atoms with Crippen LogP contribution in [0.15, 0.2) is 24.3 Å². The van der Waals surface area contributed by atoms with E-state index < -0.39 is 12.0 Å². The summed E-state index contributed by atoms with van der Waals surface area (Å²) in [6, 6.07) is 7.04. The molecule has 0 saturated heterocycles. The lowest BCUT2D eigenvalue weighted by molar-refractivity contribution is -0.142. The number of amides is 1. The summed E-state index contributed by atoms with van der Waals surface area (Å²) in [7, 11) is 0. The van der Waals surface area contributed by atoms with Crippen molar-refractivity contribution in [1.82, 2.24) is 5.32 Å². The highest BCUT2D eigenvalue weighted by molar-refractivity contribution is 5.84. The molecule has 0 aromatic heterocycles. The Labute approximate surface area is 120 Å². The molecule has 0 fully saturated rings. The van der Waals surface area contributed by atoms with Gasteiger partial charge >= 0.3 is 5.97 Å². The summed E-state index contributed by atoms with van der Waals surface area (Å²) in [6.07, 6.45) is 3.37. The van der Waals surface area contributed by atoms with Crippen molar-refractivity contribution in [3.05, 3.63) is 35.4 Å². The topological polar surface area (TPSA) is 66.4 Å². The Bertz CT molecular complexity index is 440. The monoisotopic (exact) mass is 277 g/mol. The minimum absolute atomic E-state index is 0.222. The molecule has 1 aromatic rings. The van der Waals surface area contributed by atoms with Crippen LogP contribution in [0.4, 0.5) is 0 Å². The van der Waals surface area contributed by atoms with Gasteiger partial charge in [-0.1, -0.05) is 51.0 Å². The second kappa shape index (κ2) is 8.35. The zero-order chi connectivity index (χ0) is 15.0. The Balaban J connectivity index is 2.53. The molecular weight excluding hydrogens is 254 g/mol. The quantitative estimate of drug-likeness (QED) is 0.767. The van der Waals surface area contributed by atoms with E-state index in [-0.39, 0.29) is 12.3 Å². The van der Waals surface area contributed by atoms with Crippen LogP contribution in [-0.4, -0.2) is 23.0 Å². The fourth-order valence-electron chi connectivity index (χ4n) is 1.99. The van der Waals surface area contributed by atoms with Gasteiger partial charge in [-0.05, 0) is 24.0 Å². The van der Waals surface area contributed by atoms with Crippen LogP contribution < -0.4 is 5.32 Å². The Morgan fingerprint density at radius 1 is 1.15 bits per heavy atom. The molecule has 0 bridgehead atoms. The molecule has 0 aliphatic carbocycles. The molecular formula is C16H23NO3. The summed E-state index contributed by atoms with van der Waals surface area (Å²) < 4.78 is 0. The van der Waals surface area contributed by atoms with Crippen LogP contribution in [0.2, 0.25) is 0 Å². The lowest BCUT2D eigenvalue weighted by Gasteiger charge is -2.14. The fraction of sp³-hybridized carbons (Fsp3) is 0.500. The maximum absolute atomic E-state index is 11.9. The molecule has 4 heteroatoms. The molecule has 2 N–H and O–H groups in total. The highest BCUT2D eigenvalue weighted by Gasteiger charge is 2.19. The van der Waals surface area contributed by atoms with Gasteiger partial charge in [-0.3, -0.25) is 4.79 Å². The summed E-state index contributed by atoms with van der Waals surface area (Å²) in [5, 5.41) is 11.7. The van der Waals surface area contributed by atoms with Gasteiger partial charge in [0.25, 0.3) is 0 Å². The van der Waals surface area contributed by atoms with Gasteiger partial charge in [0.05, 0.1) is 6.42 Å². The summed E-state index contributed by atoms with van der Waals surface area (Å²) >= 11 is 0. The van der Waals surface area contributed by atoms with Gasteiger partial charge in [0.2, 0.25) is 5.91 Å². The number of carbonyl (C=O) groups is 2. The van der Waals surface area contributed by atoms with Crippen molar-refractivity contribution < 1.29 is 14.7 Å². The van der Waals surface area contributed by atoms with E-state index in [4.69, 9.17) is 5.11 Å². The Kier molecular flexibility index (Phi) is 6.77. The van der Waals surface area contributed by atoms with E-state index in [0.29, 0.717) is 6.42 Å². The Morgan fingerprint density at radius 3 is 2.25 bits per heavy atom. The molecule has 1 aromatic carbocycles. The van der Waals surface area contributed by atoms with E-state index in [2.05, 4.69) is 12.2 Å². The average Bonchev–Trinajstić information content (AvgIpc) is 2.44. The SMILES string of the molecule is CCCC[C@H](NC(=O)Cc1ccc(CC)cc1)C(=O)O. The van der Waals surface area contributed by atoms with Crippen LogP contribution in [-0.2, 0) is 22.4 Å². The molecule has 4 nitrogen and oxygen atoms in total. The molecule has 1 amide bonds. The van der Waals surface area contributed by atoms with Gasteiger partial charge in [0.1, 0.15) is 6.04 Å². The lowest BCUT2D eigenvalue weighted by Crippen LogP contribution is -2.41. The van der Waals surface area contributed by atoms with Crippen LogP contribution in [0.25, 0.3) is 0 Å². The summed E-state index contributed by atoms with van der Waals surface area (Å²) in [5.74, 6) is -1.20. The van der Waals surface area contributed by atoms with Crippen molar-refractivity contribution >= 4 is 11.9 Å². The molecule has 20 heavy (non-hydrogen) atoms. The number of carboxylic acids is 1. The molecule has 0 saturated carbocycles. The van der Waals surface area contributed by atoms with Crippen molar-refractivity contribution in [3.8, 4) is 0 Å². The zero-order valence-electron chi connectivity index (χ0n) is 12.2. The van der Waals surface area contributed by atoms with Gasteiger partial charge in [-0.25, -0.2) is 4.79 Å². The summed E-state index contributed by atoms with van der Waals surface area (Å²) in [6.45, 7) is 4.07. The number of carbonyl (C=O) groups excluding carboxylic acids is 1. The smallest absolute Gasteiger partial charge is 0.326 e. The number of hydrogen-bond donors (Lipinski definition) is 2. The van der Waals surface area contributed by atoms with E-state index in [9.17, 15) is 9.59 Å². The second-order valence-electron chi connectivity index (χ2n) is 4.95. The van der Waals surface area contributed by atoms with Crippen molar-refractivity contribution in [3.63, 3.8) is 0 Å². The third kappa shape index (κ3) is 5.43. The van der Waals surface area contributed by atoms with E-state index in [0.717, 1.165) is 24.8 Å². The van der Waals surface area contributed by atoms with Crippen molar-refractivity contribution in [2.45, 2.75) is 52.0 Å². The minimum Gasteiger partial charge on any atom is -0.480 e. The molecule has 0 unspecified atom stereocenters. The molecule has 0 spiro atoms. The van der Waals surface area contributed by atoms with Crippen LogP contribution in [0.3, 0.4) is 0 Å². The number of hydrogen-bond acceptors (Lipinski definition) is 2. The first kappa shape index (κ1) is 16.2. The number of aryl methyl sites for hydroxylation is 1. The molecule has 110 valence electrons. The van der Waals surface area contributed by atoms with E-state index >= 15 is 0 Å². The van der Waals surface area contributed by atoms with Crippen LogP contribution >= 0.6 is 0 Å². The predicted octanol–water partition coefficient (Wildman–Crippen LogP) is 2.55. The number of rotatable bonds is 8. The first-order valence-electron chi connectivity index (χ1n) is 7.16. The Hall–Kier alpha value is -1.84. The summed E-state index contributed by atoms with van der Waals surface area (Å²) in [5.41, 5.74) is 2.12. The Morgan fingerprint density at radius 2 is 1.75 bits per heavy atom. The van der Waals surface area contributed by atoms with E-state index in [1.807, 2.05) is 31.2 Å². The molecule has 0 aliphatic rings. The molecule has 0 aliphatic heterocycles. The number of unbranched alkanes of at least 4 members (excludes halogenated alkanes) is 1. The van der Waals surface area contributed by atoms with Crippen molar-refractivity contribution in [1.29, 1.82) is 0 Å². The van der Waals surface area contributed by atoms with Crippen LogP contribution in [0.1, 0.15) is 44.2 Å². The van der Waals surface area contributed by atoms with Crippen molar-refractivity contribution in [2.24, 2.45) is 0 Å². The maximum Gasteiger partial charge on any atom is 0.326 e. The van der Waals surface area contributed by atoms with Crippen LogP contribution in [0, 0.1) is 0 Å². The normalized spacial score (nSPS) is 11.9. The molecule has 1 rings (SSSR count). The van der Waals surface area contributed by atoms with Gasteiger partial charge in [-0.15, -0.1) is 0 Å². The minimum atomic E-state index is -0.965. The number of carboxylic acid groups (broad SMARTS) is 1. The first-order chi connectivity index (χ1) is 9.56. The third-order valence-corrected chi connectivity index (χ3v) is 3.28. The van der Waals surface area contributed by atoms with E-state index in [1.165, 1.54) is 5.56 Å². The fourth-order valence-corrected chi connectivity index (χ4v) is 1.99.